The molecule has 0 fully saturated rings. The maximum Gasteiger partial charge on any atom is 0.514 e. The van der Waals surface area contributed by atoms with Crippen LogP contribution in [0.1, 0.15) is 71.9 Å². The number of amides is 7. The molecule has 0 bridgehead atoms. The number of nitrogens with two attached hydrogens (primary N) is 3. The van der Waals surface area contributed by atoms with Crippen molar-refractivity contribution < 1.29 is 52.6 Å². The minimum atomic E-state index is -1.32. The fraction of sp³-hybridized carbons (Fsp3) is 0.487. The predicted molar refractivity (Wildman–Crippen MR) is 210 cm³/mol. The van der Waals surface area contributed by atoms with Gasteiger partial charge in [-0.05, 0) is 77.6 Å². The van der Waals surface area contributed by atoms with Crippen molar-refractivity contribution in [2.45, 2.75) is 109 Å². The van der Waals surface area contributed by atoms with E-state index in [1.165, 1.54) is 12.1 Å². The fourth-order valence-corrected chi connectivity index (χ4v) is 5.06. The average Bonchev–Trinajstić information content (AvgIpc) is 3.10. The number of nitrogens with one attached hydrogen (secondary N) is 5. The molecular weight excluding hydrogens is 756 g/mol. The van der Waals surface area contributed by atoms with Crippen LogP contribution in [0, 0.1) is 0 Å². The summed E-state index contributed by atoms with van der Waals surface area (Å²) >= 11 is 0. The Balaban J connectivity index is 2.26. The van der Waals surface area contributed by atoms with Crippen LogP contribution in [-0.4, -0.2) is 96.2 Å². The molecule has 2 aromatic rings. The van der Waals surface area contributed by atoms with Crippen LogP contribution in [0.25, 0.3) is 0 Å². The Kier molecular flexibility index (Phi) is 18.6. The number of rotatable bonds is 20. The Morgan fingerprint density at radius 1 is 0.655 bits per heavy atom. The van der Waals surface area contributed by atoms with Gasteiger partial charge in [-0.15, -0.1) is 0 Å². The molecule has 0 saturated carbocycles. The van der Waals surface area contributed by atoms with Crippen molar-refractivity contribution in [3.05, 3.63) is 65.7 Å². The van der Waals surface area contributed by atoms with Gasteiger partial charge in [-0.2, -0.15) is 0 Å². The summed E-state index contributed by atoms with van der Waals surface area (Å²) < 4.78 is 15.7. The second-order valence-corrected chi connectivity index (χ2v) is 15.3. The van der Waals surface area contributed by atoms with Crippen molar-refractivity contribution in [1.82, 2.24) is 26.6 Å². The molecule has 58 heavy (non-hydrogen) atoms. The van der Waals surface area contributed by atoms with Crippen LogP contribution >= 0.6 is 0 Å². The van der Waals surface area contributed by atoms with Crippen LogP contribution in [0.3, 0.4) is 0 Å². The van der Waals surface area contributed by atoms with E-state index in [-0.39, 0.29) is 44.4 Å². The van der Waals surface area contributed by atoms with Crippen LogP contribution in [0.2, 0.25) is 0 Å². The third kappa shape index (κ3) is 19.6. The molecule has 2 rings (SSSR count). The first kappa shape index (κ1) is 47.9. The van der Waals surface area contributed by atoms with Crippen molar-refractivity contribution >= 4 is 47.7 Å². The second-order valence-electron chi connectivity index (χ2n) is 15.3. The Morgan fingerprint density at radius 3 is 1.81 bits per heavy atom. The molecule has 4 atom stereocenters. The molecule has 2 aromatic carbocycles. The highest BCUT2D eigenvalue weighted by atomic mass is 16.7. The Hall–Kier alpha value is -6.24. The Labute approximate surface area is 337 Å². The number of ether oxygens (including phenoxy) is 3. The molecule has 0 saturated heterocycles. The van der Waals surface area contributed by atoms with Gasteiger partial charge in [0, 0.05) is 19.4 Å². The highest BCUT2D eigenvalue weighted by Gasteiger charge is 2.30. The first-order chi connectivity index (χ1) is 27.0. The maximum atomic E-state index is 13.9. The molecule has 19 nitrogen and oxygen atoms in total. The van der Waals surface area contributed by atoms with Gasteiger partial charge in [0.25, 0.3) is 0 Å². The smallest absolute Gasteiger partial charge is 0.444 e. The van der Waals surface area contributed by atoms with E-state index in [0.29, 0.717) is 5.56 Å². The highest BCUT2D eigenvalue weighted by molar-refractivity contribution is 5.94. The maximum absolute atomic E-state index is 13.9. The van der Waals surface area contributed by atoms with E-state index in [0.717, 1.165) is 5.56 Å². The van der Waals surface area contributed by atoms with Crippen molar-refractivity contribution in [2.75, 3.05) is 13.1 Å². The van der Waals surface area contributed by atoms with Gasteiger partial charge in [-0.25, -0.2) is 9.59 Å². The van der Waals surface area contributed by atoms with Gasteiger partial charge < -0.3 is 58.0 Å². The van der Waals surface area contributed by atoms with E-state index in [2.05, 4.69) is 26.6 Å². The van der Waals surface area contributed by atoms with E-state index in [1.54, 1.807) is 84.0 Å². The molecule has 11 N–H and O–H groups in total. The summed E-state index contributed by atoms with van der Waals surface area (Å²) in [6, 6.07) is 9.97. The Bertz CT molecular complexity index is 1740. The number of carbonyl (C=O) groups is 8. The van der Waals surface area contributed by atoms with Crippen LogP contribution in [0.4, 0.5) is 9.59 Å². The third-order valence-electron chi connectivity index (χ3n) is 7.71. The van der Waals surface area contributed by atoms with Crippen LogP contribution in [0.5, 0.6) is 5.75 Å². The molecule has 0 aliphatic rings. The van der Waals surface area contributed by atoms with Gasteiger partial charge in [0.05, 0.1) is 19.0 Å². The molecule has 0 unspecified atom stereocenters. The van der Waals surface area contributed by atoms with Gasteiger partial charge >= 0.3 is 12.2 Å². The summed E-state index contributed by atoms with van der Waals surface area (Å²) in [5, 5.41) is 12.6. The second kappa shape index (κ2) is 22.5. The molecule has 0 aromatic heterocycles. The van der Waals surface area contributed by atoms with Crippen LogP contribution < -0.4 is 48.5 Å². The zero-order valence-electron chi connectivity index (χ0n) is 33.7. The number of hydrogen-bond donors (Lipinski definition) is 8. The standard InChI is InChI=1S/C39H56N8O11/c1-38(2,3)57-36(54)47-29(20-24-14-16-25(17-15-24)56-37(55)58-39(4,5)6)35(53)46-27(13-10-18-43-33(51)26(40)21-30(41)48)34(52)44-22-31(49)45-28(32(42)50)19-23-11-8-7-9-12-23/h7-9,11-12,14-17,26-29H,10,13,18-22,40H2,1-6H3,(H2,41,48)(H2,42,50)(H,43,51)(H,44,52)(H,45,49)(H,46,53)(H,47,54)/t26-,27+,28-,29-/m0/s1. The molecule has 0 spiro atoms. The first-order valence-corrected chi connectivity index (χ1v) is 18.5. The molecule has 0 aliphatic carbocycles. The Morgan fingerprint density at radius 2 is 1.24 bits per heavy atom. The summed E-state index contributed by atoms with van der Waals surface area (Å²) in [5.41, 5.74) is 15.9. The van der Waals surface area contributed by atoms with Crippen molar-refractivity contribution in [3.8, 4) is 5.75 Å². The lowest BCUT2D eigenvalue weighted by molar-refractivity contribution is -0.132. The number of benzene rings is 2. The minimum Gasteiger partial charge on any atom is -0.444 e. The number of primary amides is 2. The molecule has 19 heteroatoms. The monoisotopic (exact) mass is 812 g/mol. The first-order valence-electron chi connectivity index (χ1n) is 18.5. The van der Waals surface area contributed by atoms with Crippen molar-refractivity contribution in [1.29, 1.82) is 0 Å². The van der Waals surface area contributed by atoms with E-state index >= 15 is 0 Å². The predicted octanol–water partition coefficient (Wildman–Crippen LogP) is 0.349. The van der Waals surface area contributed by atoms with Crippen molar-refractivity contribution in [3.63, 3.8) is 0 Å². The normalized spacial score (nSPS) is 13.3. The van der Waals surface area contributed by atoms with Gasteiger partial charge in [0.1, 0.15) is 35.1 Å². The fourth-order valence-electron chi connectivity index (χ4n) is 5.06. The molecule has 0 radical (unpaired) electrons. The number of carbonyl (C=O) groups excluding carboxylic acids is 8. The van der Waals surface area contributed by atoms with Crippen LogP contribution in [0.15, 0.2) is 54.6 Å². The quantitative estimate of drug-likeness (QED) is 0.0511. The van der Waals surface area contributed by atoms with Gasteiger partial charge in [-0.1, -0.05) is 42.5 Å². The topological polar surface area (TPSA) is 302 Å². The molecule has 318 valence electrons. The molecule has 0 aliphatic heterocycles. The van der Waals surface area contributed by atoms with E-state index in [1.807, 2.05) is 0 Å². The summed E-state index contributed by atoms with van der Waals surface area (Å²) in [4.78, 5) is 101. The summed E-state index contributed by atoms with van der Waals surface area (Å²) in [7, 11) is 0. The van der Waals surface area contributed by atoms with E-state index < -0.39 is 89.6 Å². The third-order valence-corrected chi connectivity index (χ3v) is 7.71. The lowest BCUT2D eigenvalue weighted by atomic mass is 10.0. The van der Waals surface area contributed by atoms with Gasteiger partial charge in [0.15, 0.2) is 0 Å². The van der Waals surface area contributed by atoms with Crippen molar-refractivity contribution in [2.24, 2.45) is 17.2 Å². The number of alkyl carbamates (subject to hydrolysis) is 1. The SMILES string of the molecule is CC(C)(C)OC(=O)N[C@@H](Cc1ccc(OC(=O)OC(C)(C)C)cc1)C(=O)N[C@H](CCCNC(=O)[C@@H](N)CC(N)=O)C(=O)NCC(=O)N[C@@H](Cc1ccccc1)C(N)=O. The van der Waals surface area contributed by atoms with Crippen LogP contribution in [-0.2, 0) is 51.1 Å². The molecular formula is C39H56N8O11. The molecule has 7 amide bonds. The molecule has 0 heterocycles. The minimum absolute atomic E-state index is 0.0253. The van der Waals surface area contributed by atoms with Gasteiger partial charge in [-0.3, -0.25) is 28.8 Å². The summed E-state index contributed by atoms with van der Waals surface area (Å²) in [6.45, 7) is 9.33. The zero-order valence-corrected chi connectivity index (χ0v) is 33.7. The average molecular weight is 813 g/mol. The summed E-state index contributed by atoms with van der Waals surface area (Å²) in [6.07, 6.45) is -2.22. The number of hydrogen-bond acceptors (Lipinski definition) is 12. The van der Waals surface area contributed by atoms with Gasteiger partial charge in [0.2, 0.25) is 35.4 Å². The summed E-state index contributed by atoms with van der Waals surface area (Å²) in [5.74, 6) is -4.42. The van der Waals surface area contributed by atoms with E-state index in [9.17, 15) is 38.4 Å². The largest absolute Gasteiger partial charge is 0.514 e. The highest BCUT2D eigenvalue weighted by Crippen LogP contribution is 2.17. The van der Waals surface area contributed by atoms with E-state index in [4.69, 9.17) is 31.4 Å². The lowest BCUT2D eigenvalue weighted by Crippen LogP contribution is -2.56. The zero-order chi connectivity index (χ0) is 43.6. The lowest BCUT2D eigenvalue weighted by Gasteiger charge is -2.25.